The number of hydrogen-bond acceptors (Lipinski definition) is 3. The smallest absolute Gasteiger partial charge is 0.234 e. The lowest BCUT2D eigenvalue weighted by atomic mass is 9.96. The second-order valence-electron chi connectivity index (χ2n) is 4.87. The summed E-state index contributed by atoms with van der Waals surface area (Å²) in [6.07, 6.45) is 0. The van der Waals surface area contributed by atoms with E-state index in [9.17, 15) is 4.79 Å². The minimum absolute atomic E-state index is 0.0126. The second-order valence-corrected chi connectivity index (χ2v) is 4.87. The summed E-state index contributed by atoms with van der Waals surface area (Å²) in [6.45, 7) is 5.83. The van der Waals surface area contributed by atoms with E-state index in [2.05, 4.69) is 24.5 Å². The van der Waals surface area contributed by atoms with Gasteiger partial charge in [0.25, 0.3) is 0 Å². The van der Waals surface area contributed by atoms with Crippen LogP contribution in [0.2, 0.25) is 0 Å². The maximum Gasteiger partial charge on any atom is 0.234 e. The largest absolute Gasteiger partial charge is 0.383 e. The van der Waals surface area contributed by atoms with Crippen LogP contribution in [0, 0.1) is 5.92 Å². The van der Waals surface area contributed by atoms with Gasteiger partial charge in [0.2, 0.25) is 5.91 Å². The number of benzene rings is 1. The van der Waals surface area contributed by atoms with E-state index in [4.69, 9.17) is 4.74 Å². The van der Waals surface area contributed by atoms with Crippen molar-refractivity contribution in [2.24, 2.45) is 5.92 Å². The zero-order chi connectivity index (χ0) is 14.1. The number of ether oxygens (including phenoxy) is 1. The van der Waals surface area contributed by atoms with E-state index in [0.29, 0.717) is 25.6 Å². The van der Waals surface area contributed by atoms with E-state index in [1.807, 2.05) is 30.3 Å². The fraction of sp³-hybridized carbons (Fsp3) is 0.533. The van der Waals surface area contributed by atoms with Gasteiger partial charge in [-0.1, -0.05) is 44.2 Å². The van der Waals surface area contributed by atoms with Crippen LogP contribution in [0.3, 0.4) is 0 Å². The summed E-state index contributed by atoms with van der Waals surface area (Å²) in [5.41, 5.74) is 1.14. The number of methoxy groups -OCH3 is 1. The van der Waals surface area contributed by atoms with Gasteiger partial charge in [0.05, 0.1) is 19.2 Å². The van der Waals surface area contributed by atoms with E-state index in [1.54, 1.807) is 7.11 Å². The highest BCUT2D eigenvalue weighted by Gasteiger charge is 2.17. The Labute approximate surface area is 115 Å². The zero-order valence-corrected chi connectivity index (χ0v) is 12.0. The Bertz CT molecular complexity index is 366. The summed E-state index contributed by atoms with van der Waals surface area (Å²) in [4.78, 5) is 11.9. The fourth-order valence-electron chi connectivity index (χ4n) is 1.90. The molecule has 0 heterocycles. The first-order valence-corrected chi connectivity index (χ1v) is 6.69. The Balaban J connectivity index is 2.48. The summed E-state index contributed by atoms with van der Waals surface area (Å²) in [6, 6.07) is 10.1. The van der Waals surface area contributed by atoms with Gasteiger partial charge in [0.1, 0.15) is 0 Å². The number of hydrogen-bond donors (Lipinski definition) is 2. The average molecular weight is 264 g/mol. The molecule has 0 radical (unpaired) electrons. The van der Waals surface area contributed by atoms with Crippen LogP contribution in [-0.4, -0.2) is 32.7 Å². The van der Waals surface area contributed by atoms with Crippen molar-refractivity contribution in [1.29, 1.82) is 0 Å². The van der Waals surface area contributed by atoms with E-state index in [-0.39, 0.29) is 11.9 Å². The zero-order valence-electron chi connectivity index (χ0n) is 12.0. The number of rotatable bonds is 8. The Morgan fingerprint density at radius 2 is 1.95 bits per heavy atom. The van der Waals surface area contributed by atoms with Crippen molar-refractivity contribution in [2.75, 3.05) is 26.8 Å². The number of nitrogens with one attached hydrogen (secondary N) is 2. The van der Waals surface area contributed by atoms with Gasteiger partial charge in [0, 0.05) is 13.7 Å². The molecule has 4 nitrogen and oxygen atoms in total. The lowest BCUT2D eigenvalue weighted by Crippen LogP contribution is -2.38. The van der Waals surface area contributed by atoms with Crippen molar-refractivity contribution in [2.45, 2.75) is 19.9 Å². The summed E-state index contributed by atoms with van der Waals surface area (Å²) < 4.78 is 4.92. The van der Waals surface area contributed by atoms with Crippen molar-refractivity contribution in [1.82, 2.24) is 10.6 Å². The third-order valence-corrected chi connectivity index (χ3v) is 2.91. The van der Waals surface area contributed by atoms with E-state index >= 15 is 0 Å². The molecule has 0 bridgehead atoms. The molecule has 0 aliphatic carbocycles. The van der Waals surface area contributed by atoms with Crippen molar-refractivity contribution < 1.29 is 9.53 Å². The Kier molecular flexibility index (Phi) is 7.15. The van der Waals surface area contributed by atoms with E-state index in [1.165, 1.54) is 0 Å². The average Bonchev–Trinajstić information content (AvgIpc) is 2.41. The second kappa shape index (κ2) is 8.67. The summed E-state index contributed by atoms with van der Waals surface area (Å²) in [7, 11) is 1.64. The fourth-order valence-corrected chi connectivity index (χ4v) is 1.90. The summed E-state index contributed by atoms with van der Waals surface area (Å²) in [5.74, 6) is 0.365. The highest BCUT2D eigenvalue weighted by atomic mass is 16.5. The lowest BCUT2D eigenvalue weighted by molar-refractivity contribution is -0.121. The van der Waals surface area contributed by atoms with Gasteiger partial charge in [-0.3, -0.25) is 4.79 Å². The summed E-state index contributed by atoms with van der Waals surface area (Å²) in [5, 5.41) is 6.11. The highest BCUT2D eigenvalue weighted by Crippen LogP contribution is 2.20. The Hall–Kier alpha value is -1.39. The van der Waals surface area contributed by atoms with E-state index in [0.717, 1.165) is 5.56 Å². The predicted molar refractivity (Wildman–Crippen MR) is 76.9 cm³/mol. The van der Waals surface area contributed by atoms with Crippen LogP contribution in [0.5, 0.6) is 0 Å². The van der Waals surface area contributed by atoms with E-state index < -0.39 is 0 Å². The first-order chi connectivity index (χ1) is 9.15. The van der Waals surface area contributed by atoms with Crippen LogP contribution in [0.4, 0.5) is 0 Å². The number of amides is 1. The molecule has 1 aromatic carbocycles. The molecular weight excluding hydrogens is 240 g/mol. The van der Waals surface area contributed by atoms with Crippen LogP contribution < -0.4 is 10.6 Å². The molecule has 106 valence electrons. The molecule has 1 atom stereocenters. The summed E-state index contributed by atoms with van der Waals surface area (Å²) >= 11 is 0. The molecule has 19 heavy (non-hydrogen) atoms. The Morgan fingerprint density at radius 3 is 2.53 bits per heavy atom. The van der Waals surface area contributed by atoms with Gasteiger partial charge >= 0.3 is 0 Å². The third-order valence-electron chi connectivity index (χ3n) is 2.91. The molecule has 0 fully saturated rings. The van der Waals surface area contributed by atoms with Crippen LogP contribution in [-0.2, 0) is 9.53 Å². The van der Waals surface area contributed by atoms with Gasteiger partial charge in [-0.25, -0.2) is 0 Å². The minimum atomic E-state index is 0.0126. The standard InChI is InChI=1S/C15H24N2O2/c1-12(2)15(13-7-5-4-6-8-13)17-14(18)11-16-9-10-19-3/h4-8,12,15-16H,9-11H2,1-3H3,(H,17,18). The maximum absolute atomic E-state index is 11.9. The molecule has 0 aliphatic rings. The first-order valence-electron chi connectivity index (χ1n) is 6.69. The van der Waals surface area contributed by atoms with Crippen LogP contribution in [0.15, 0.2) is 30.3 Å². The third kappa shape index (κ3) is 5.85. The monoisotopic (exact) mass is 264 g/mol. The predicted octanol–water partition coefficient (Wildman–Crippen LogP) is 1.74. The van der Waals surface area contributed by atoms with Crippen LogP contribution in [0.25, 0.3) is 0 Å². The first kappa shape index (κ1) is 15.7. The van der Waals surface area contributed by atoms with Crippen molar-refractivity contribution in [3.8, 4) is 0 Å². The molecule has 1 rings (SSSR count). The highest BCUT2D eigenvalue weighted by molar-refractivity contribution is 5.78. The quantitative estimate of drug-likeness (QED) is 0.703. The van der Waals surface area contributed by atoms with Gasteiger partial charge < -0.3 is 15.4 Å². The Morgan fingerprint density at radius 1 is 1.26 bits per heavy atom. The van der Waals surface area contributed by atoms with Gasteiger partial charge in [-0.05, 0) is 11.5 Å². The molecule has 1 unspecified atom stereocenters. The molecule has 0 aromatic heterocycles. The van der Waals surface area contributed by atoms with Gasteiger partial charge in [0.15, 0.2) is 0 Å². The molecular formula is C15H24N2O2. The molecule has 4 heteroatoms. The van der Waals surface area contributed by atoms with Crippen LogP contribution >= 0.6 is 0 Å². The van der Waals surface area contributed by atoms with Gasteiger partial charge in [-0.15, -0.1) is 0 Å². The van der Waals surface area contributed by atoms with Crippen molar-refractivity contribution >= 4 is 5.91 Å². The van der Waals surface area contributed by atoms with Crippen LogP contribution in [0.1, 0.15) is 25.5 Å². The topological polar surface area (TPSA) is 50.4 Å². The molecule has 0 saturated heterocycles. The van der Waals surface area contributed by atoms with Gasteiger partial charge in [-0.2, -0.15) is 0 Å². The number of carbonyl (C=O) groups excluding carboxylic acids is 1. The normalized spacial score (nSPS) is 12.4. The molecule has 1 amide bonds. The molecule has 0 saturated carbocycles. The molecule has 0 spiro atoms. The molecule has 2 N–H and O–H groups in total. The van der Waals surface area contributed by atoms with Crippen molar-refractivity contribution in [3.05, 3.63) is 35.9 Å². The maximum atomic E-state index is 11.9. The SMILES string of the molecule is COCCNCC(=O)NC(c1ccccc1)C(C)C. The molecule has 0 aliphatic heterocycles. The lowest BCUT2D eigenvalue weighted by Gasteiger charge is -2.23. The molecule has 1 aromatic rings. The van der Waals surface area contributed by atoms with Crippen molar-refractivity contribution in [3.63, 3.8) is 0 Å². The minimum Gasteiger partial charge on any atom is -0.383 e. The number of carbonyl (C=O) groups is 1.